The Morgan fingerprint density at radius 3 is 2.59 bits per heavy atom. The molecule has 1 fully saturated rings. The van der Waals surface area contributed by atoms with Gasteiger partial charge in [0.05, 0.1) is 35.2 Å². The summed E-state index contributed by atoms with van der Waals surface area (Å²) < 4.78 is 17.9. The van der Waals surface area contributed by atoms with Crippen molar-refractivity contribution in [3.8, 4) is 0 Å². The summed E-state index contributed by atoms with van der Waals surface area (Å²) in [4.78, 5) is 31.3. The highest BCUT2D eigenvalue weighted by molar-refractivity contribution is 5.79. The van der Waals surface area contributed by atoms with Crippen LogP contribution < -0.4 is 11.2 Å². The first-order valence-corrected chi connectivity index (χ1v) is 11.4. The molecule has 1 aliphatic rings. The van der Waals surface area contributed by atoms with Crippen LogP contribution in [0.4, 0.5) is 4.39 Å². The van der Waals surface area contributed by atoms with Crippen LogP contribution in [0.15, 0.2) is 52.1 Å². The number of imidazole rings is 1. The maximum absolute atomic E-state index is 13.4. The van der Waals surface area contributed by atoms with Crippen molar-refractivity contribution in [3.05, 3.63) is 74.7 Å². The minimum Gasteiger partial charge on any atom is -0.326 e. The molecule has 0 unspecified atom stereocenters. The molecule has 7 heteroatoms. The highest BCUT2D eigenvalue weighted by Gasteiger charge is 2.29. The van der Waals surface area contributed by atoms with Gasteiger partial charge in [0.25, 0.3) is 5.56 Å². The van der Waals surface area contributed by atoms with Crippen molar-refractivity contribution in [2.75, 3.05) is 6.67 Å². The number of hydrogen-bond acceptors (Lipinski definition) is 3. The molecule has 0 aliphatic heterocycles. The molecule has 0 N–H and O–H groups in total. The standard InChI is InChI=1S/C25H27FN4O2/c1-2-17-9-12-22-20(15-17)27-23(28(22)14-6-5-13-26)16-29-21-8-4-3-7-19(21)24(31)30(25(29)32)18-10-11-18/h3-4,7-9,12,15,18H,2,5-6,10-11,13-14,16H2,1H3. The monoisotopic (exact) mass is 434 g/mol. The lowest BCUT2D eigenvalue weighted by Crippen LogP contribution is -2.40. The van der Waals surface area contributed by atoms with Crippen LogP contribution in [-0.4, -0.2) is 25.4 Å². The Hall–Kier alpha value is -3.22. The molecule has 1 saturated carbocycles. The zero-order chi connectivity index (χ0) is 22.2. The molecule has 2 heterocycles. The van der Waals surface area contributed by atoms with Gasteiger partial charge < -0.3 is 4.57 Å². The second-order valence-electron chi connectivity index (χ2n) is 8.54. The van der Waals surface area contributed by atoms with Gasteiger partial charge in [-0.2, -0.15) is 0 Å². The van der Waals surface area contributed by atoms with Crippen molar-refractivity contribution in [1.29, 1.82) is 0 Å². The lowest BCUT2D eigenvalue weighted by Gasteiger charge is -2.15. The molecule has 6 nitrogen and oxygen atoms in total. The molecule has 4 aromatic rings. The second kappa shape index (κ2) is 8.37. The molecule has 2 aromatic carbocycles. The number of aromatic nitrogens is 4. The van der Waals surface area contributed by atoms with E-state index in [1.54, 1.807) is 10.6 Å². The van der Waals surface area contributed by atoms with Crippen molar-refractivity contribution in [3.63, 3.8) is 0 Å². The van der Waals surface area contributed by atoms with Gasteiger partial charge in [0.2, 0.25) is 0 Å². The summed E-state index contributed by atoms with van der Waals surface area (Å²) in [6.07, 6.45) is 3.81. The fraction of sp³-hybridized carbons (Fsp3) is 0.400. The quantitative estimate of drug-likeness (QED) is 0.390. The van der Waals surface area contributed by atoms with Crippen molar-refractivity contribution >= 4 is 21.9 Å². The summed E-state index contributed by atoms with van der Waals surface area (Å²) in [5.74, 6) is 0.750. The van der Waals surface area contributed by atoms with Crippen LogP contribution in [-0.2, 0) is 19.5 Å². The van der Waals surface area contributed by atoms with E-state index >= 15 is 0 Å². The van der Waals surface area contributed by atoms with E-state index in [1.807, 2.05) is 18.2 Å². The highest BCUT2D eigenvalue weighted by Crippen LogP contribution is 2.32. The molecule has 0 bridgehead atoms. The fourth-order valence-corrected chi connectivity index (χ4v) is 4.47. The third-order valence-electron chi connectivity index (χ3n) is 6.36. The Bertz CT molecular complexity index is 1410. The summed E-state index contributed by atoms with van der Waals surface area (Å²) in [6.45, 7) is 2.65. The maximum atomic E-state index is 13.4. The molecule has 0 radical (unpaired) electrons. The topological polar surface area (TPSA) is 61.8 Å². The molecular formula is C25H27FN4O2. The number of rotatable bonds is 8. The van der Waals surface area contributed by atoms with Crippen LogP contribution in [0.25, 0.3) is 21.9 Å². The molecular weight excluding hydrogens is 407 g/mol. The molecule has 2 aromatic heterocycles. The summed E-state index contributed by atoms with van der Waals surface area (Å²) in [7, 11) is 0. The minimum absolute atomic E-state index is 0.0126. The van der Waals surface area contributed by atoms with Gasteiger partial charge in [-0.15, -0.1) is 0 Å². The fourth-order valence-electron chi connectivity index (χ4n) is 4.47. The molecule has 5 rings (SSSR count). The molecule has 0 saturated heterocycles. The Labute approximate surface area is 184 Å². The van der Waals surface area contributed by atoms with Gasteiger partial charge in [-0.05, 0) is 61.9 Å². The molecule has 32 heavy (non-hydrogen) atoms. The van der Waals surface area contributed by atoms with E-state index in [0.29, 0.717) is 30.3 Å². The Kier molecular flexibility index (Phi) is 5.41. The first-order chi connectivity index (χ1) is 15.6. The first-order valence-electron chi connectivity index (χ1n) is 11.4. The third-order valence-corrected chi connectivity index (χ3v) is 6.36. The smallest absolute Gasteiger partial charge is 0.326 e. The van der Waals surface area contributed by atoms with Gasteiger partial charge >= 0.3 is 5.69 Å². The van der Waals surface area contributed by atoms with Gasteiger partial charge in [0, 0.05) is 12.6 Å². The van der Waals surface area contributed by atoms with Crippen LogP contribution in [0.5, 0.6) is 0 Å². The molecule has 0 spiro atoms. The zero-order valence-corrected chi connectivity index (χ0v) is 18.3. The number of aryl methyl sites for hydroxylation is 2. The van der Waals surface area contributed by atoms with Crippen LogP contribution in [0.3, 0.4) is 0 Å². The molecule has 0 atom stereocenters. The van der Waals surface area contributed by atoms with E-state index in [2.05, 4.69) is 29.7 Å². The average Bonchev–Trinajstić information content (AvgIpc) is 3.58. The van der Waals surface area contributed by atoms with Gasteiger partial charge in [0.1, 0.15) is 5.82 Å². The normalized spacial score (nSPS) is 13.9. The predicted molar refractivity (Wildman–Crippen MR) is 124 cm³/mol. The van der Waals surface area contributed by atoms with E-state index in [9.17, 15) is 14.0 Å². The number of fused-ring (bicyclic) bond motifs is 2. The van der Waals surface area contributed by atoms with Crippen LogP contribution >= 0.6 is 0 Å². The molecule has 1 aliphatic carbocycles. The molecule has 0 amide bonds. The van der Waals surface area contributed by atoms with Crippen molar-refractivity contribution in [2.45, 2.75) is 58.2 Å². The molecule has 166 valence electrons. The van der Waals surface area contributed by atoms with Crippen LogP contribution in [0.1, 0.15) is 50.0 Å². The van der Waals surface area contributed by atoms with Gasteiger partial charge in [-0.25, -0.2) is 9.78 Å². The van der Waals surface area contributed by atoms with Gasteiger partial charge in [-0.3, -0.25) is 18.3 Å². The largest absolute Gasteiger partial charge is 0.332 e. The first kappa shape index (κ1) is 20.7. The van der Waals surface area contributed by atoms with Crippen molar-refractivity contribution in [2.24, 2.45) is 0 Å². The van der Waals surface area contributed by atoms with E-state index in [1.165, 1.54) is 10.1 Å². The third kappa shape index (κ3) is 3.55. The van der Waals surface area contributed by atoms with Gasteiger partial charge in [-0.1, -0.05) is 25.1 Å². The number of unbranched alkanes of at least 4 members (excludes halogenated alkanes) is 1. The van der Waals surface area contributed by atoms with E-state index in [0.717, 1.165) is 36.1 Å². The second-order valence-corrected chi connectivity index (χ2v) is 8.54. The van der Waals surface area contributed by atoms with Crippen molar-refractivity contribution < 1.29 is 4.39 Å². The lowest BCUT2D eigenvalue weighted by molar-refractivity contribution is 0.445. The zero-order valence-electron chi connectivity index (χ0n) is 18.3. The highest BCUT2D eigenvalue weighted by atomic mass is 19.1. The summed E-state index contributed by atoms with van der Waals surface area (Å²) in [6, 6.07) is 13.5. The lowest BCUT2D eigenvalue weighted by atomic mass is 10.1. The maximum Gasteiger partial charge on any atom is 0.332 e. The Morgan fingerprint density at radius 1 is 1.03 bits per heavy atom. The van der Waals surface area contributed by atoms with Crippen LogP contribution in [0.2, 0.25) is 0 Å². The number of halogens is 1. The SMILES string of the molecule is CCc1ccc2c(c1)nc(Cn1c(=O)n(C3CC3)c(=O)c3ccccc31)n2CCCCF. The number of para-hydroxylation sites is 1. The van der Waals surface area contributed by atoms with Crippen LogP contribution in [0, 0.1) is 0 Å². The summed E-state index contributed by atoms with van der Waals surface area (Å²) in [5.41, 5.74) is 3.19. The number of hydrogen-bond donors (Lipinski definition) is 0. The number of nitrogens with zero attached hydrogens (tertiary/aromatic N) is 4. The van der Waals surface area contributed by atoms with E-state index < -0.39 is 0 Å². The number of benzene rings is 2. The van der Waals surface area contributed by atoms with E-state index in [-0.39, 0.29) is 30.5 Å². The average molecular weight is 435 g/mol. The summed E-state index contributed by atoms with van der Waals surface area (Å²) >= 11 is 0. The van der Waals surface area contributed by atoms with Gasteiger partial charge in [0.15, 0.2) is 0 Å². The Balaban J connectivity index is 1.68. The minimum atomic E-state index is -0.349. The van der Waals surface area contributed by atoms with E-state index in [4.69, 9.17) is 4.98 Å². The predicted octanol–water partition coefficient (Wildman–Crippen LogP) is 4.21. The Morgan fingerprint density at radius 2 is 1.84 bits per heavy atom. The number of alkyl halides is 1. The summed E-state index contributed by atoms with van der Waals surface area (Å²) in [5, 5.41) is 0.548. The van der Waals surface area contributed by atoms with Crippen molar-refractivity contribution in [1.82, 2.24) is 18.7 Å².